The van der Waals surface area contributed by atoms with E-state index in [1.807, 2.05) is 47.4 Å². The molecule has 1 aliphatic carbocycles. The average Bonchev–Trinajstić information content (AvgIpc) is 3.64. The molecule has 5 N–H and O–H groups in total. The second-order valence-electron chi connectivity index (χ2n) is 10.3. The van der Waals surface area contributed by atoms with Crippen LogP contribution in [0.25, 0.3) is 11.3 Å². The Labute approximate surface area is 237 Å². The van der Waals surface area contributed by atoms with Crippen molar-refractivity contribution in [1.82, 2.24) is 0 Å². The Morgan fingerprint density at radius 2 is 1.88 bits per heavy atom. The van der Waals surface area contributed by atoms with Crippen LogP contribution in [0.3, 0.4) is 0 Å². The fourth-order valence-electron chi connectivity index (χ4n) is 5.61. The topological polar surface area (TPSA) is 130 Å². The molecule has 6 rings (SSSR count). The lowest BCUT2D eigenvalue weighted by Gasteiger charge is -2.30. The van der Waals surface area contributed by atoms with Gasteiger partial charge in [0.2, 0.25) is 0 Å². The minimum atomic E-state index is -1.05. The van der Waals surface area contributed by atoms with Gasteiger partial charge in [-0.15, -0.1) is 0 Å². The zero-order chi connectivity index (χ0) is 28.5. The van der Waals surface area contributed by atoms with Crippen LogP contribution >= 0.6 is 0 Å². The summed E-state index contributed by atoms with van der Waals surface area (Å²) in [5.74, 6) is -1.30. The number of nitrogens with two attached hydrogens (primary N) is 1. The molecule has 206 valence electrons. The van der Waals surface area contributed by atoms with E-state index >= 15 is 0 Å². The van der Waals surface area contributed by atoms with Crippen molar-refractivity contribution in [3.05, 3.63) is 101 Å². The highest BCUT2D eigenvalue weighted by atomic mass is 16.4. The van der Waals surface area contributed by atoms with Gasteiger partial charge >= 0.3 is 5.97 Å². The van der Waals surface area contributed by atoms with Crippen molar-refractivity contribution in [2.75, 3.05) is 28.2 Å². The lowest BCUT2D eigenvalue weighted by molar-refractivity contribution is -0.575. The minimum Gasteiger partial charge on any atom is -0.478 e. The van der Waals surface area contributed by atoms with Crippen molar-refractivity contribution in [2.45, 2.75) is 25.3 Å². The number of carbonyl (C=O) groups excluding carboxylic acids is 2. The van der Waals surface area contributed by atoms with Gasteiger partial charge in [-0.1, -0.05) is 36.4 Å². The number of rotatable bonds is 9. The van der Waals surface area contributed by atoms with E-state index in [9.17, 15) is 19.5 Å². The highest BCUT2D eigenvalue weighted by molar-refractivity contribution is 6.37. The van der Waals surface area contributed by atoms with Crippen molar-refractivity contribution in [2.24, 2.45) is 0 Å². The molecule has 3 aromatic rings. The Morgan fingerprint density at radius 3 is 2.61 bits per heavy atom. The second kappa shape index (κ2) is 10.9. The fraction of sp³-hybridized carbons (Fsp3) is 0.188. The van der Waals surface area contributed by atoms with Crippen molar-refractivity contribution >= 4 is 52.3 Å². The molecule has 1 saturated carbocycles. The number of amides is 2. The predicted octanol–water partition coefficient (Wildman–Crippen LogP) is 3.49. The number of allylic oxidation sites excluding steroid dienone is 1. The molecule has 2 amide bonds. The van der Waals surface area contributed by atoms with Crippen molar-refractivity contribution in [1.29, 1.82) is 5.41 Å². The molecule has 0 bridgehead atoms. The van der Waals surface area contributed by atoms with Crippen LogP contribution in [0.1, 0.15) is 39.9 Å². The SMILES string of the molecule is N=C/C=C\[NH2+]CC(=O)N1CCc2cc(N(/C(=C3\C(=O)Nc4cc(C(=O)O)ccc43)c3ccccc3)C3CC3)ccc21. The van der Waals surface area contributed by atoms with E-state index in [0.717, 1.165) is 47.5 Å². The largest absolute Gasteiger partial charge is 0.478 e. The molecule has 41 heavy (non-hydrogen) atoms. The molecular formula is C32H30N5O4+. The van der Waals surface area contributed by atoms with Gasteiger partial charge in [-0.2, -0.15) is 0 Å². The highest BCUT2D eigenvalue weighted by Crippen LogP contribution is 2.46. The summed E-state index contributed by atoms with van der Waals surface area (Å²) >= 11 is 0. The molecule has 0 atom stereocenters. The minimum absolute atomic E-state index is 0.0113. The summed E-state index contributed by atoms with van der Waals surface area (Å²) in [5, 5.41) is 21.2. The van der Waals surface area contributed by atoms with Gasteiger partial charge in [0.05, 0.1) is 28.7 Å². The number of nitrogens with zero attached hydrogens (tertiary/aromatic N) is 2. The highest BCUT2D eigenvalue weighted by Gasteiger charge is 2.38. The first-order valence-electron chi connectivity index (χ1n) is 13.7. The number of carbonyl (C=O) groups is 3. The number of quaternary nitrogens is 1. The van der Waals surface area contributed by atoms with E-state index in [4.69, 9.17) is 5.41 Å². The van der Waals surface area contributed by atoms with Crippen molar-refractivity contribution < 1.29 is 24.8 Å². The third kappa shape index (κ3) is 5.03. The van der Waals surface area contributed by atoms with Gasteiger partial charge in [0.25, 0.3) is 11.8 Å². The van der Waals surface area contributed by atoms with E-state index in [1.54, 1.807) is 23.7 Å². The van der Waals surface area contributed by atoms with Crippen molar-refractivity contribution in [3.63, 3.8) is 0 Å². The summed E-state index contributed by atoms with van der Waals surface area (Å²) in [6.45, 7) is 0.875. The fourth-order valence-corrected chi connectivity index (χ4v) is 5.61. The molecule has 2 aliphatic heterocycles. The van der Waals surface area contributed by atoms with Crippen LogP contribution in [0.2, 0.25) is 0 Å². The number of carboxylic acids is 1. The van der Waals surface area contributed by atoms with Gasteiger partial charge in [-0.05, 0) is 60.7 Å². The van der Waals surface area contributed by atoms with Gasteiger partial charge in [-0.25, -0.2) is 4.79 Å². The molecule has 0 aromatic heterocycles. The predicted molar refractivity (Wildman–Crippen MR) is 158 cm³/mol. The van der Waals surface area contributed by atoms with E-state index in [0.29, 0.717) is 23.4 Å². The van der Waals surface area contributed by atoms with Gasteiger partial charge in [-0.3, -0.25) is 9.59 Å². The number of nitrogens with one attached hydrogen (secondary N) is 2. The molecule has 1 fully saturated rings. The first-order valence-corrected chi connectivity index (χ1v) is 13.7. The van der Waals surface area contributed by atoms with E-state index in [-0.39, 0.29) is 30.0 Å². The maximum atomic E-state index is 13.5. The zero-order valence-corrected chi connectivity index (χ0v) is 22.3. The Balaban J connectivity index is 1.42. The Kier molecular flexibility index (Phi) is 6.94. The van der Waals surface area contributed by atoms with Crippen LogP contribution in [0.4, 0.5) is 17.1 Å². The third-order valence-electron chi connectivity index (χ3n) is 7.62. The van der Waals surface area contributed by atoms with E-state index in [2.05, 4.69) is 16.3 Å². The first kappa shape index (κ1) is 26.2. The number of anilines is 3. The maximum Gasteiger partial charge on any atom is 0.335 e. The van der Waals surface area contributed by atoms with Gasteiger partial charge in [0, 0.05) is 41.8 Å². The summed E-state index contributed by atoms with van der Waals surface area (Å²) in [5.41, 5.74) is 6.41. The number of fused-ring (bicyclic) bond motifs is 2. The summed E-state index contributed by atoms with van der Waals surface area (Å²) in [6.07, 6.45) is 7.17. The molecule has 3 aromatic carbocycles. The number of benzene rings is 3. The monoisotopic (exact) mass is 548 g/mol. The normalized spacial score (nSPS) is 16.8. The second-order valence-corrected chi connectivity index (χ2v) is 10.3. The smallest absolute Gasteiger partial charge is 0.335 e. The van der Waals surface area contributed by atoms with Gasteiger partial charge in [0.15, 0.2) is 6.54 Å². The van der Waals surface area contributed by atoms with Crippen LogP contribution in [0.15, 0.2) is 79.0 Å². The molecular weight excluding hydrogens is 518 g/mol. The van der Waals surface area contributed by atoms with Crippen LogP contribution in [-0.4, -0.2) is 48.2 Å². The molecule has 0 unspecified atom stereocenters. The summed E-state index contributed by atoms with van der Waals surface area (Å²) in [6, 6.07) is 20.9. The number of aromatic carboxylic acids is 1. The first-order chi connectivity index (χ1) is 20.0. The Hall–Kier alpha value is -5.02. The average molecular weight is 549 g/mol. The number of hydrogen-bond donors (Lipinski definition) is 4. The van der Waals surface area contributed by atoms with Gasteiger partial charge < -0.3 is 30.9 Å². The molecule has 3 aliphatic rings. The number of hydrogen-bond acceptors (Lipinski definition) is 5. The zero-order valence-electron chi connectivity index (χ0n) is 22.3. The molecule has 9 heteroatoms. The van der Waals surface area contributed by atoms with Crippen LogP contribution in [-0.2, 0) is 16.0 Å². The molecule has 0 saturated heterocycles. The summed E-state index contributed by atoms with van der Waals surface area (Å²) in [7, 11) is 0. The van der Waals surface area contributed by atoms with Gasteiger partial charge in [0.1, 0.15) is 0 Å². The summed E-state index contributed by atoms with van der Waals surface area (Å²) in [4.78, 5) is 42.1. The van der Waals surface area contributed by atoms with Crippen LogP contribution in [0.5, 0.6) is 0 Å². The standard InChI is InChI=1S/C32H29N5O4/c33-14-4-15-34-19-28(38)36-16-13-21-17-24(10-12-27(21)36)37(23-8-9-23)30(20-5-2-1-3-6-20)29-25-11-7-22(32(40)41)18-26(25)35-31(29)39/h1-7,10-12,14-15,17-18,23,33-34H,8-9,13,16,19H2,(H,35,39)(H,40,41)/p+1/b15-4-,30-29-,33-14?. The van der Waals surface area contributed by atoms with E-state index in [1.165, 1.54) is 18.3 Å². The molecule has 0 spiro atoms. The lowest BCUT2D eigenvalue weighted by Crippen LogP contribution is -2.81. The Bertz CT molecular complexity index is 1620. The lowest BCUT2D eigenvalue weighted by atomic mass is 9.97. The van der Waals surface area contributed by atoms with Crippen LogP contribution in [0, 0.1) is 5.41 Å². The van der Waals surface area contributed by atoms with Crippen LogP contribution < -0.4 is 20.4 Å². The summed E-state index contributed by atoms with van der Waals surface area (Å²) < 4.78 is 0. The van der Waals surface area contributed by atoms with E-state index < -0.39 is 5.97 Å². The third-order valence-corrected chi connectivity index (χ3v) is 7.62. The maximum absolute atomic E-state index is 13.5. The number of carboxylic acid groups (broad SMARTS) is 1. The molecule has 0 radical (unpaired) electrons. The quantitative estimate of drug-likeness (QED) is 0.240. The Morgan fingerprint density at radius 1 is 1.07 bits per heavy atom. The van der Waals surface area contributed by atoms with Crippen molar-refractivity contribution in [3.8, 4) is 0 Å². The molecule has 9 nitrogen and oxygen atoms in total. The molecule has 2 heterocycles.